The highest BCUT2D eigenvalue weighted by Crippen LogP contribution is 2.14. The Morgan fingerprint density at radius 1 is 1.64 bits per heavy atom. The molecule has 0 radical (unpaired) electrons. The molecule has 1 aromatic heterocycles. The van der Waals surface area contributed by atoms with E-state index in [-0.39, 0.29) is 11.9 Å². The van der Waals surface area contributed by atoms with Crippen LogP contribution in [-0.4, -0.2) is 16.5 Å². The second-order valence-corrected chi connectivity index (χ2v) is 4.37. The topological polar surface area (TPSA) is 34.0 Å². The van der Waals surface area contributed by atoms with Crippen molar-refractivity contribution in [1.29, 1.82) is 0 Å². The Bertz CT molecular complexity index is 331. The average molecular weight is 259 g/mol. The van der Waals surface area contributed by atoms with E-state index in [1.807, 2.05) is 37.6 Å². The Kier molecular flexibility index (Phi) is 3.75. The van der Waals surface area contributed by atoms with E-state index in [2.05, 4.69) is 21.2 Å². The van der Waals surface area contributed by atoms with E-state index in [9.17, 15) is 4.79 Å². The molecular formula is C10H15BrN2O. The average Bonchev–Trinajstić information content (AvgIpc) is 2.45. The highest BCUT2D eigenvalue weighted by molar-refractivity contribution is 9.10. The van der Waals surface area contributed by atoms with Gasteiger partial charge in [0.05, 0.1) is 0 Å². The van der Waals surface area contributed by atoms with Crippen LogP contribution in [0.4, 0.5) is 0 Å². The molecule has 0 saturated carbocycles. The fourth-order valence-electron chi connectivity index (χ4n) is 1.26. The van der Waals surface area contributed by atoms with Crippen LogP contribution in [0.1, 0.15) is 31.3 Å². The highest BCUT2D eigenvalue weighted by atomic mass is 79.9. The summed E-state index contributed by atoms with van der Waals surface area (Å²) in [6.45, 7) is 6.71. The molecule has 1 amide bonds. The molecule has 78 valence electrons. The van der Waals surface area contributed by atoms with Gasteiger partial charge in [-0.15, -0.1) is 0 Å². The molecule has 1 aromatic rings. The molecule has 0 unspecified atom stereocenters. The Morgan fingerprint density at radius 2 is 2.29 bits per heavy atom. The first-order valence-corrected chi connectivity index (χ1v) is 5.50. The molecule has 14 heavy (non-hydrogen) atoms. The Balaban J connectivity index is 2.88. The normalized spacial score (nSPS) is 10.6. The molecule has 0 spiro atoms. The maximum Gasteiger partial charge on any atom is 0.268 e. The van der Waals surface area contributed by atoms with Crippen molar-refractivity contribution in [2.75, 3.05) is 0 Å². The lowest BCUT2D eigenvalue weighted by molar-refractivity contribution is 0.0934. The van der Waals surface area contributed by atoms with Crippen molar-refractivity contribution in [3.8, 4) is 0 Å². The van der Waals surface area contributed by atoms with Crippen LogP contribution in [0.5, 0.6) is 0 Å². The summed E-state index contributed by atoms with van der Waals surface area (Å²) in [5.74, 6) is -0.0208. The second kappa shape index (κ2) is 4.64. The van der Waals surface area contributed by atoms with Gasteiger partial charge in [0.25, 0.3) is 5.91 Å². The van der Waals surface area contributed by atoms with Crippen molar-refractivity contribution in [3.05, 3.63) is 22.4 Å². The lowest BCUT2D eigenvalue weighted by Crippen LogP contribution is -2.31. The number of halogens is 1. The Labute approximate surface area is 92.6 Å². The molecule has 1 N–H and O–H groups in total. The van der Waals surface area contributed by atoms with E-state index in [4.69, 9.17) is 0 Å². The van der Waals surface area contributed by atoms with Gasteiger partial charge in [0.15, 0.2) is 0 Å². The smallest absolute Gasteiger partial charge is 0.268 e. The summed E-state index contributed by atoms with van der Waals surface area (Å²) in [6, 6.07) is 2.00. The molecule has 1 heterocycles. The summed E-state index contributed by atoms with van der Waals surface area (Å²) >= 11 is 3.36. The van der Waals surface area contributed by atoms with Crippen molar-refractivity contribution < 1.29 is 4.79 Å². The minimum absolute atomic E-state index is 0.0208. The number of nitrogens with zero attached hydrogens (tertiary/aromatic N) is 1. The zero-order chi connectivity index (χ0) is 10.7. The van der Waals surface area contributed by atoms with Gasteiger partial charge in [-0.05, 0) is 42.8 Å². The number of hydrogen-bond donors (Lipinski definition) is 1. The van der Waals surface area contributed by atoms with Gasteiger partial charge in [0.1, 0.15) is 5.69 Å². The number of aryl methyl sites for hydroxylation is 1. The van der Waals surface area contributed by atoms with Crippen LogP contribution in [0.15, 0.2) is 16.7 Å². The van der Waals surface area contributed by atoms with Crippen LogP contribution in [0.25, 0.3) is 0 Å². The first-order valence-electron chi connectivity index (χ1n) is 4.71. The quantitative estimate of drug-likeness (QED) is 0.888. The van der Waals surface area contributed by atoms with Crippen LogP contribution in [0, 0.1) is 0 Å². The number of rotatable bonds is 3. The van der Waals surface area contributed by atoms with Crippen molar-refractivity contribution in [2.45, 2.75) is 33.4 Å². The van der Waals surface area contributed by atoms with Crippen LogP contribution >= 0.6 is 15.9 Å². The maximum atomic E-state index is 11.7. The van der Waals surface area contributed by atoms with E-state index in [0.29, 0.717) is 5.69 Å². The van der Waals surface area contributed by atoms with E-state index in [1.165, 1.54) is 0 Å². The van der Waals surface area contributed by atoms with Crippen molar-refractivity contribution >= 4 is 21.8 Å². The Hall–Kier alpha value is -0.770. The molecule has 0 aliphatic heterocycles. The van der Waals surface area contributed by atoms with Gasteiger partial charge in [-0.3, -0.25) is 4.79 Å². The zero-order valence-corrected chi connectivity index (χ0v) is 10.3. The number of carbonyl (C=O) groups is 1. The van der Waals surface area contributed by atoms with E-state index >= 15 is 0 Å². The summed E-state index contributed by atoms with van der Waals surface area (Å²) in [4.78, 5) is 11.7. The SMILES string of the molecule is CCn1cc(Br)cc1C(=O)NC(C)C. The third-order valence-electron chi connectivity index (χ3n) is 1.86. The van der Waals surface area contributed by atoms with Gasteiger partial charge in [0, 0.05) is 23.3 Å². The summed E-state index contributed by atoms with van der Waals surface area (Å²) in [5, 5.41) is 2.87. The van der Waals surface area contributed by atoms with Gasteiger partial charge in [-0.25, -0.2) is 0 Å². The van der Waals surface area contributed by atoms with E-state index in [1.54, 1.807) is 0 Å². The fraction of sp³-hybridized carbons (Fsp3) is 0.500. The third kappa shape index (κ3) is 2.61. The molecule has 1 rings (SSSR count). The standard InChI is InChI=1S/C10H15BrN2O/c1-4-13-6-8(11)5-9(13)10(14)12-7(2)3/h5-7H,4H2,1-3H3,(H,12,14). The molecule has 0 saturated heterocycles. The first kappa shape index (κ1) is 11.3. The molecule has 0 atom stereocenters. The summed E-state index contributed by atoms with van der Waals surface area (Å²) in [5.41, 5.74) is 0.702. The first-order chi connectivity index (χ1) is 6.54. The van der Waals surface area contributed by atoms with Crippen LogP contribution < -0.4 is 5.32 Å². The molecule has 0 aliphatic rings. The van der Waals surface area contributed by atoms with Crippen molar-refractivity contribution in [1.82, 2.24) is 9.88 Å². The molecular weight excluding hydrogens is 244 g/mol. The van der Waals surface area contributed by atoms with E-state index < -0.39 is 0 Å². The van der Waals surface area contributed by atoms with Gasteiger partial charge in [0.2, 0.25) is 0 Å². The van der Waals surface area contributed by atoms with E-state index in [0.717, 1.165) is 11.0 Å². The third-order valence-corrected chi connectivity index (χ3v) is 2.29. The molecule has 4 heteroatoms. The summed E-state index contributed by atoms with van der Waals surface area (Å²) in [6.07, 6.45) is 1.91. The van der Waals surface area contributed by atoms with Gasteiger partial charge >= 0.3 is 0 Å². The molecule has 0 aliphatic carbocycles. The monoisotopic (exact) mass is 258 g/mol. The summed E-state index contributed by atoms with van der Waals surface area (Å²) < 4.78 is 2.86. The van der Waals surface area contributed by atoms with Gasteiger partial charge < -0.3 is 9.88 Å². The zero-order valence-electron chi connectivity index (χ0n) is 8.67. The number of aromatic nitrogens is 1. The molecule has 0 fully saturated rings. The highest BCUT2D eigenvalue weighted by Gasteiger charge is 2.12. The lowest BCUT2D eigenvalue weighted by Gasteiger charge is -2.09. The number of nitrogens with one attached hydrogen (secondary N) is 1. The van der Waals surface area contributed by atoms with Gasteiger partial charge in [-0.2, -0.15) is 0 Å². The number of amides is 1. The summed E-state index contributed by atoms with van der Waals surface area (Å²) in [7, 11) is 0. The predicted octanol–water partition coefficient (Wildman–Crippen LogP) is 2.41. The number of hydrogen-bond acceptors (Lipinski definition) is 1. The largest absolute Gasteiger partial charge is 0.349 e. The van der Waals surface area contributed by atoms with Gasteiger partial charge in [-0.1, -0.05) is 0 Å². The predicted molar refractivity (Wildman–Crippen MR) is 60.4 cm³/mol. The number of carbonyl (C=O) groups excluding carboxylic acids is 1. The van der Waals surface area contributed by atoms with Crippen molar-refractivity contribution in [3.63, 3.8) is 0 Å². The van der Waals surface area contributed by atoms with Crippen molar-refractivity contribution in [2.24, 2.45) is 0 Å². The second-order valence-electron chi connectivity index (χ2n) is 3.46. The van der Waals surface area contributed by atoms with Crippen LogP contribution in [0.3, 0.4) is 0 Å². The molecule has 0 aromatic carbocycles. The van der Waals surface area contributed by atoms with Crippen LogP contribution in [0.2, 0.25) is 0 Å². The molecule has 3 nitrogen and oxygen atoms in total. The van der Waals surface area contributed by atoms with Crippen LogP contribution in [-0.2, 0) is 6.54 Å². The Morgan fingerprint density at radius 3 is 2.79 bits per heavy atom. The minimum Gasteiger partial charge on any atom is -0.349 e. The molecule has 0 bridgehead atoms. The fourth-order valence-corrected chi connectivity index (χ4v) is 1.73. The maximum absolute atomic E-state index is 11.7. The lowest BCUT2D eigenvalue weighted by atomic mass is 10.3. The minimum atomic E-state index is -0.0208.